The summed E-state index contributed by atoms with van der Waals surface area (Å²) in [4.78, 5) is 21.2. The van der Waals surface area contributed by atoms with Gasteiger partial charge in [0.25, 0.3) is 0 Å². The van der Waals surface area contributed by atoms with Crippen LogP contribution in [0, 0.1) is 5.92 Å². The first-order valence-electron chi connectivity index (χ1n) is 5.74. The molecule has 1 aliphatic heterocycles. The van der Waals surface area contributed by atoms with E-state index >= 15 is 0 Å². The molecule has 4 nitrogen and oxygen atoms in total. The molecule has 2 unspecified atom stereocenters. The van der Waals surface area contributed by atoms with Crippen LogP contribution in [-0.2, 0) is 0 Å². The Kier molecular flexibility index (Phi) is 3.17. The minimum Gasteiger partial charge on any atom is -0.338 e. The van der Waals surface area contributed by atoms with E-state index in [2.05, 4.69) is 28.7 Å². The number of carbonyl (C=O) groups is 1. The molecular formula is C12H17N3O. The molecule has 0 aliphatic carbocycles. The van der Waals surface area contributed by atoms with Crippen LogP contribution in [0.25, 0.3) is 0 Å². The first-order valence-corrected chi connectivity index (χ1v) is 5.74. The van der Waals surface area contributed by atoms with Gasteiger partial charge in [0.05, 0.1) is 5.56 Å². The van der Waals surface area contributed by atoms with E-state index in [1.165, 1.54) is 12.8 Å². The number of hydrogen-bond donors (Lipinski definition) is 0. The average molecular weight is 219 g/mol. The van der Waals surface area contributed by atoms with Crippen molar-refractivity contribution in [2.45, 2.75) is 32.7 Å². The fraction of sp³-hybridized carbons (Fsp3) is 0.583. The molecule has 0 radical (unpaired) electrons. The van der Waals surface area contributed by atoms with Gasteiger partial charge < -0.3 is 4.90 Å². The zero-order chi connectivity index (χ0) is 11.5. The van der Waals surface area contributed by atoms with Crippen molar-refractivity contribution in [3.63, 3.8) is 0 Å². The third-order valence-electron chi connectivity index (χ3n) is 3.19. The van der Waals surface area contributed by atoms with Gasteiger partial charge in [-0.25, -0.2) is 9.97 Å². The number of nitrogens with zero attached hydrogens (tertiary/aromatic N) is 3. The summed E-state index contributed by atoms with van der Waals surface area (Å²) in [6, 6.07) is 0.478. The molecule has 0 bridgehead atoms. The van der Waals surface area contributed by atoms with Crippen LogP contribution in [0.15, 0.2) is 12.4 Å². The van der Waals surface area contributed by atoms with Gasteiger partial charge in [0, 0.05) is 25.0 Å². The van der Waals surface area contributed by atoms with Crippen LogP contribution in [0.5, 0.6) is 0 Å². The summed E-state index contributed by atoms with van der Waals surface area (Å²) < 4.78 is 0. The van der Waals surface area contributed by atoms with Gasteiger partial charge in [-0.1, -0.05) is 6.92 Å². The van der Waals surface area contributed by atoms with Crippen molar-refractivity contribution < 1.29 is 4.79 Å². The molecule has 0 aromatic carbocycles. The highest BCUT2D eigenvalue weighted by atomic mass is 16.1. The molecular weight excluding hydrogens is 202 g/mol. The Hall–Kier alpha value is -1.45. The molecule has 0 saturated carbocycles. The lowest BCUT2D eigenvalue weighted by Gasteiger charge is -2.36. The summed E-state index contributed by atoms with van der Waals surface area (Å²) in [5, 5.41) is 0. The van der Waals surface area contributed by atoms with Crippen LogP contribution in [0.3, 0.4) is 0 Å². The van der Waals surface area contributed by atoms with Crippen molar-refractivity contribution in [1.29, 1.82) is 0 Å². The molecule has 2 heterocycles. The van der Waals surface area contributed by atoms with Crippen molar-refractivity contribution in [3.05, 3.63) is 18.0 Å². The number of hydrogen-bond acceptors (Lipinski definition) is 4. The molecule has 2 rings (SSSR count). The second kappa shape index (κ2) is 4.60. The van der Waals surface area contributed by atoms with Crippen molar-refractivity contribution >= 4 is 12.2 Å². The Morgan fingerprint density at radius 1 is 1.38 bits per heavy atom. The quantitative estimate of drug-likeness (QED) is 0.713. The highest BCUT2D eigenvalue weighted by Gasteiger charge is 2.24. The van der Waals surface area contributed by atoms with Crippen LogP contribution in [-0.4, -0.2) is 28.8 Å². The van der Waals surface area contributed by atoms with E-state index in [9.17, 15) is 4.79 Å². The number of anilines is 1. The number of aldehydes is 1. The van der Waals surface area contributed by atoms with Crippen LogP contribution >= 0.6 is 0 Å². The maximum Gasteiger partial charge on any atom is 0.225 e. The highest BCUT2D eigenvalue weighted by Crippen LogP contribution is 2.24. The number of rotatable bonds is 2. The first-order chi connectivity index (χ1) is 7.70. The lowest BCUT2D eigenvalue weighted by atomic mass is 9.94. The number of carbonyl (C=O) groups excluding carboxylic acids is 1. The van der Waals surface area contributed by atoms with Gasteiger partial charge in [-0.2, -0.15) is 0 Å². The number of piperidine rings is 1. The standard InChI is InChI=1S/C12H17N3O/c1-9-3-4-15(10(2)5-9)12-13-6-11(8-16)7-14-12/h6-10H,3-5H2,1-2H3. The Labute approximate surface area is 95.7 Å². The SMILES string of the molecule is CC1CCN(c2ncc(C=O)cn2)C(C)C1. The van der Waals surface area contributed by atoms with E-state index in [4.69, 9.17) is 0 Å². The van der Waals surface area contributed by atoms with Crippen molar-refractivity contribution in [3.8, 4) is 0 Å². The maximum atomic E-state index is 10.5. The molecule has 4 heteroatoms. The molecule has 86 valence electrons. The molecule has 16 heavy (non-hydrogen) atoms. The first kappa shape index (κ1) is 11.0. The van der Waals surface area contributed by atoms with Crippen LogP contribution < -0.4 is 4.90 Å². The molecule has 0 amide bonds. The Morgan fingerprint density at radius 3 is 2.62 bits per heavy atom. The largest absolute Gasteiger partial charge is 0.338 e. The second-order valence-corrected chi connectivity index (χ2v) is 4.61. The van der Waals surface area contributed by atoms with E-state index in [0.29, 0.717) is 11.6 Å². The lowest BCUT2D eigenvalue weighted by Crippen LogP contribution is -2.41. The van der Waals surface area contributed by atoms with Gasteiger partial charge in [0.1, 0.15) is 0 Å². The van der Waals surface area contributed by atoms with Gasteiger partial charge in [-0.05, 0) is 25.7 Å². The molecule has 1 aromatic rings. The fourth-order valence-electron chi connectivity index (χ4n) is 2.24. The third-order valence-corrected chi connectivity index (χ3v) is 3.19. The van der Waals surface area contributed by atoms with E-state index in [-0.39, 0.29) is 0 Å². The minimum absolute atomic E-state index is 0.478. The van der Waals surface area contributed by atoms with Crippen molar-refractivity contribution in [1.82, 2.24) is 9.97 Å². The van der Waals surface area contributed by atoms with Crippen molar-refractivity contribution in [2.24, 2.45) is 5.92 Å². The Morgan fingerprint density at radius 2 is 2.06 bits per heavy atom. The highest BCUT2D eigenvalue weighted by molar-refractivity contribution is 5.73. The average Bonchev–Trinajstić information content (AvgIpc) is 2.29. The fourth-order valence-corrected chi connectivity index (χ4v) is 2.24. The molecule has 1 aromatic heterocycles. The van der Waals surface area contributed by atoms with E-state index in [1.807, 2.05) is 0 Å². The molecule has 1 aliphatic rings. The van der Waals surface area contributed by atoms with Gasteiger partial charge in [0.2, 0.25) is 5.95 Å². The predicted octanol–water partition coefficient (Wildman–Crippen LogP) is 1.91. The Bertz CT molecular complexity index is 363. The van der Waals surface area contributed by atoms with Gasteiger partial charge in [-0.3, -0.25) is 4.79 Å². The molecule has 1 saturated heterocycles. The summed E-state index contributed by atoms with van der Waals surface area (Å²) >= 11 is 0. The van der Waals surface area contributed by atoms with E-state index in [0.717, 1.165) is 24.7 Å². The van der Waals surface area contributed by atoms with Crippen LogP contribution in [0.2, 0.25) is 0 Å². The van der Waals surface area contributed by atoms with Gasteiger partial charge in [0.15, 0.2) is 6.29 Å². The smallest absolute Gasteiger partial charge is 0.225 e. The van der Waals surface area contributed by atoms with Gasteiger partial charge in [-0.15, -0.1) is 0 Å². The normalized spacial score (nSPS) is 25.5. The zero-order valence-corrected chi connectivity index (χ0v) is 9.76. The monoisotopic (exact) mass is 219 g/mol. The van der Waals surface area contributed by atoms with Crippen molar-refractivity contribution in [2.75, 3.05) is 11.4 Å². The summed E-state index contributed by atoms with van der Waals surface area (Å²) in [5.74, 6) is 1.52. The third kappa shape index (κ3) is 2.21. The van der Waals surface area contributed by atoms with Crippen LogP contribution in [0.4, 0.5) is 5.95 Å². The zero-order valence-electron chi connectivity index (χ0n) is 9.76. The topological polar surface area (TPSA) is 46.1 Å². The number of aromatic nitrogens is 2. The second-order valence-electron chi connectivity index (χ2n) is 4.61. The summed E-state index contributed by atoms with van der Waals surface area (Å²) in [5.41, 5.74) is 0.529. The molecule has 1 fully saturated rings. The summed E-state index contributed by atoms with van der Waals surface area (Å²) in [7, 11) is 0. The van der Waals surface area contributed by atoms with Crippen LogP contribution in [0.1, 0.15) is 37.0 Å². The Balaban J connectivity index is 2.14. The summed E-state index contributed by atoms with van der Waals surface area (Å²) in [6.07, 6.45) is 6.30. The molecule has 0 spiro atoms. The lowest BCUT2D eigenvalue weighted by molar-refractivity contribution is 0.112. The van der Waals surface area contributed by atoms with Gasteiger partial charge >= 0.3 is 0 Å². The van der Waals surface area contributed by atoms with E-state index < -0.39 is 0 Å². The molecule has 0 N–H and O–H groups in total. The maximum absolute atomic E-state index is 10.5. The predicted molar refractivity (Wildman–Crippen MR) is 62.6 cm³/mol. The molecule has 2 atom stereocenters. The summed E-state index contributed by atoms with van der Waals surface area (Å²) in [6.45, 7) is 5.49. The minimum atomic E-state index is 0.478. The van der Waals surface area contributed by atoms with E-state index in [1.54, 1.807) is 12.4 Å².